The van der Waals surface area contributed by atoms with Gasteiger partial charge in [0, 0.05) is 36.0 Å². The van der Waals surface area contributed by atoms with E-state index in [1.165, 1.54) is 11.3 Å². The van der Waals surface area contributed by atoms with Gasteiger partial charge < -0.3 is 30.2 Å². The number of hydrogen-bond donors (Lipinski definition) is 3. The average Bonchev–Trinajstić information content (AvgIpc) is 3.51. The van der Waals surface area contributed by atoms with Gasteiger partial charge in [-0.3, -0.25) is 0 Å². The molecule has 0 saturated carbocycles. The van der Waals surface area contributed by atoms with E-state index in [1.54, 1.807) is 19.1 Å². The lowest BCUT2D eigenvalue weighted by atomic mass is 10.1. The minimum absolute atomic E-state index is 0.0708. The Bertz CT molecular complexity index is 2010. The fourth-order valence-corrected chi connectivity index (χ4v) is 6.02. The number of thiazole rings is 1. The summed E-state index contributed by atoms with van der Waals surface area (Å²) >= 11 is 13.8. The van der Waals surface area contributed by atoms with Crippen molar-refractivity contribution in [3.05, 3.63) is 69.7 Å². The molecule has 3 heterocycles. The number of hydrogen-bond acceptors (Lipinski definition) is 15. The molecular weight excluding hydrogens is 720 g/mol. The molecule has 0 aliphatic carbocycles. The van der Waals surface area contributed by atoms with Crippen LogP contribution in [0.5, 0.6) is 6.01 Å². The van der Waals surface area contributed by atoms with Gasteiger partial charge in [0.05, 0.1) is 34.6 Å². The van der Waals surface area contributed by atoms with Crippen LogP contribution in [0.3, 0.4) is 0 Å². The van der Waals surface area contributed by atoms with Gasteiger partial charge in [-0.1, -0.05) is 52.7 Å². The van der Waals surface area contributed by atoms with Crippen LogP contribution in [0.4, 0.5) is 38.5 Å². The Hall–Kier alpha value is -4.79. The Balaban J connectivity index is 1.22. The van der Waals surface area contributed by atoms with Crippen molar-refractivity contribution >= 4 is 78.8 Å². The van der Waals surface area contributed by atoms with Crippen molar-refractivity contribution in [1.29, 1.82) is 5.26 Å². The van der Waals surface area contributed by atoms with E-state index in [0.717, 1.165) is 10.4 Å². The van der Waals surface area contributed by atoms with Crippen LogP contribution in [0.25, 0.3) is 10.2 Å². The second kappa shape index (κ2) is 18.4. The first-order chi connectivity index (χ1) is 24.7. The molecular formula is C33H34Cl2FN11O3S. The number of anilines is 4. The molecule has 18 heteroatoms. The average molecular weight is 755 g/mol. The number of ether oxygens (including phenoxy) is 3. The van der Waals surface area contributed by atoms with Gasteiger partial charge in [-0.2, -0.15) is 19.6 Å². The van der Waals surface area contributed by atoms with Crippen LogP contribution in [0.15, 0.2) is 52.7 Å². The molecule has 0 aliphatic rings. The van der Waals surface area contributed by atoms with Gasteiger partial charge in [0.1, 0.15) is 23.9 Å². The van der Waals surface area contributed by atoms with E-state index in [1.807, 2.05) is 44.2 Å². The zero-order chi connectivity index (χ0) is 36.2. The lowest BCUT2D eigenvalue weighted by Gasteiger charge is -2.15. The predicted octanol–water partition coefficient (Wildman–Crippen LogP) is 8.40. The predicted molar refractivity (Wildman–Crippen MR) is 196 cm³/mol. The summed E-state index contributed by atoms with van der Waals surface area (Å²) in [6, 6.07) is 14.8. The molecule has 51 heavy (non-hydrogen) atoms. The Kier molecular flexibility index (Phi) is 13.6. The van der Waals surface area contributed by atoms with Gasteiger partial charge >= 0.3 is 12.1 Å². The summed E-state index contributed by atoms with van der Waals surface area (Å²) in [6.45, 7) is 7.54. The van der Waals surface area contributed by atoms with Crippen LogP contribution in [0.2, 0.25) is 10.0 Å². The smallest absolute Gasteiger partial charge is 0.323 e. The second-order valence-electron chi connectivity index (χ2n) is 11.0. The van der Waals surface area contributed by atoms with E-state index >= 15 is 0 Å². The molecule has 5 rings (SSSR count). The maximum Gasteiger partial charge on any atom is 0.323 e. The van der Waals surface area contributed by atoms with Crippen LogP contribution >= 0.6 is 34.5 Å². The third-order valence-electron chi connectivity index (χ3n) is 6.84. The van der Waals surface area contributed by atoms with Crippen molar-refractivity contribution in [3.63, 3.8) is 0 Å². The van der Waals surface area contributed by atoms with Gasteiger partial charge in [-0.15, -0.1) is 15.2 Å². The number of para-hydroxylation sites is 1. The van der Waals surface area contributed by atoms with E-state index in [2.05, 4.69) is 52.2 Å². The lowest BCUT2D eigenvalue weighted by molar-refractivity contribution is 0.0787. The highest BCUT2D eigenvalue weighted by Crippen LogP contribution is 2.38. The highest BCUT2D eigenvalue weighted by Gasteiger charge is 2.18. The summed E-state index contributed by atoms with van der Waals surface area (Å²) in [5.74, 6) is 0.788. The van der Waals surface area contributed by atoms with Crippen molar-refractivity contribution in [2.75, 3.05) is 55.5 Å². The lowest BCUT2D eigenvalue weighted by Crippen LogP contribution is -2.16. The highest BCUT2D eigenvalue weighted by molar-refractivity contribution is 7.22. The number of fused-ring (bicyclic) bond motifs is 1. The number of benzene rings is 2. The fourth-order valence-electron chi connectivity index (χ4n) is 4.51. The van der Waals surface area contributed by atoms with Gasteiger partial charge in [0.25, 0.3) is 0 Å². The minimum atomic E-state index is -0.957. The molecule has 0 atom stereocenters. The van der Waals surface area contributed by atoms with Crippen molar-refractivity contribution in [2.45, 2.75) is 33.3 Å². The quantitative estimate of drug-likeness (QED) is 0.0576. The molecule has 0 spiro atoms. The number of rotatable bonds is 18. The summed E-state index contributed by atoms with van der Waals surface area (Å²) in [7, 11) is 0. The number of halogens is 3. The molecule has 0 aliphatic heterocycles. The van der Waals surface area contributed by atoms with Crippen molar-refractivity contribution in [2.24, 2.45) is 10.2 Å². The summed E-state index contributed by atoms with van der Waals surface area (Å²) in [4.78, 5) is 20.5. The molecule has 3 N–H and O–H groups in total. The number of nitrogens with one attached hydrogen (secondary N) is 3. The van der Waals surface area contributed by atoms with E-state index in [-0.39, 0.29) is 37.9 Å². The molecule has 0 bridgehead atoms. The first-order valence-electron chi connectivity index (χ1n) is 15.9. The Morgan fingerprint density at radius 1 is 0.941 bits per heavy atom. The molecule has 14 nitrogen and oxygen atoms in total. The largest absolute Gasteiger partial charge is 0.461 e. The summed E-state index contributed by atoms with van der Waals surface area (Å²) < 4.78 is 31.4. The van der Waals surface area contributed by atoms with E-state index in [4.69, 9.17) is 42.4 Å². The topological polar surface area (TPSA) is 177 Å². The summed E-state index contributed by atoms with van der Waals surface area (Å²) in [5.41, 5.74) is 2.53. The van der Waals surface area contributed by atoms with E-state index in [0.29, 0.717) is 75.3 Å². The second-order valence-corrected chi connectivity index (χ2v) is 12.8. The molecule has 0 saturated heterocycles. The zero-order valence-corrected chi connectivity index (χ0v) is 30.2. The van der Waals surface area contributed by atoms with Crippen LogP contribution in [-0.2, 0) is 9.47 Å². The van der Waals surface area contributed by atoms with Crippen molar-refractivity contribution in [3.8, 4) is 12.1 Å². The number of nitriles is 1. The first kappa shape index (κ1) is 37.5. The normalized spacial score (nSPS) is 11.3. The van der Waals surface area contributed by atoms with Crippen LogP contribution in [-0.4, -0.2) is 70.5 Å². The third-order valence-corrected chi connectivity index (χ3v) is 8.23. The molecule has 0 amide bonds. The fraction of sp³-hybridized carbons (Fsp3) is 0.333. The van der Waals surface area contributed by atoms with Crippen LogP contribution in [0.1, 0.15) is 31.4 Å². The third kappa shape index (κ3) is 10.8. The highest BCUT2D eigenvalue weighted by atomic mass is 35.5. The van der Waals surface area contributed by atoms with Gasteiger partial charge in [0.15, 0.2) is 11.6 Å². The molecule has 0 unspecified atom stereocenters. The Morgan fingerprint density at radius 3 is 2.55 bits per heavy atom. The SMILES string of the molecule is Cc1c(C#N)c(Nc2ccccc2)nc(NCCOCCOc2nc(F)nc(NCCCOC(C)C)n2)c1N=Nc1nc2c(Cl)cc(Cl)cc2s1. The standard InChI is InChI=1S/C33H34Cl2FN11O3S/c1-19(2)49-12-7-10-39-31-43-30(36)44-32(45-31)50-15-14-48-13-11-38-29-26(46-47-33-41-27-24(35)16-21(34)17-25(27)51-33)20(3)23(18-37)28(42-29)40-22-8-5-4-6-9-22/h4-6,8-9,16-17,19H,7,10-15H2,1-3H3,(H2,38,40,42)(H,39,43,44,45). The molecule has 2 aromatic carbocycles. The van der Waals surface area contributed by atoms with Crippen LogP contribution in [0, 0.1) is 24.3 Å². The number of pyridine rings is 1. The van der Waals surface area contributed by atoms with Gasteiger partial charge in [-0.25, -0.2) is 9.97 Å². The number of nitrogens with zero attached hydrogens (tertiary/aromatic N) is 8. The molecule has 0 fully saturated rings. The van der Waals surface area contributed by atoms with E-state index < -0.39 is 6.08 Å². The molecule has 266 valence electrons. The minimum Gasteiger partial charge on any atom is -0.461 e. The van der Waals surface area contributed by atoms with Crippen molar-refractivity contribution < 1.29 is 18.6 Å². The zero-order valence-electron chi connectivity index (χ0n) is 27.9. The first-order valence-corrected chi connectivity index (χ1v) is 17.4. The Labute approximate surface area is 307 Å². The molecule has 5 aromatic rings. The number of azo groups is 1. The molecule has 3 aromatic heterocycles. The maximum atomic E-state index is 13.9. The van der Waals surface area contributed by atoms with E-state index in [9.17, 15) is 9.65 Å². The monoisotopic (exact) mass is 753 g/mol. The maximum absolute atomic E-state index is 13.9. The van der Waals surface area contributed by atoms with Gasteiger partial charge in [0.2, 0.25) is 11.1 Å². The van der Waals surface area contributed by atoms with Crippen molar-refractivity contribution in [1.82, 2.24) is 24.9 Å². The van der Waals surface area contributed by atoms with Crippen LogP contribution < -0.4 is 20.7 Å². The summed E-state index contributed by atoms with van der Waals surface area (Å²) in [5, 5.41) is 29.5. The summed E-state index contributed by atoms with van der Waals surface area (Å²) in [6.07, 6.45) is -0.122. The number of aromatic nitrogens is 5. The Morgan fingerprint density at radius 2 is 1.76 bits per heavy atom. The van der Waals surface area contributed by atoms with Gasteiger partial charge in [-0.05, 0) is 51.5 Å². The molecule has 0 radical (unpaired) electrons.